The Balaban J connectivity index is 1.54. The summed E-state index contributed by atoms with van der Waals surface area (Å²) in [5, 5.41) is 6.40. The molecule has 6 heteroatoms. The van der Waals surface area contributed by atoms with E-state index in [4.69, 9.17) is 9.47 Å². The van der Waals surface area contributed by atoms with Crippen LogP contribution in [-0.4, -0.2) is 31.8 Å². The van der Waals surface area contributed by atoms with E-state index in [2.05, 4.69) is 33.8 Å². The summed E-state index contributed by atoms with van der Waals surface area (Å²) in [6.45, 7) is 5.85. The predicted octanol–water partition coefficient (Wildman–Crippen LogP) is 3.78. The van der Waals surface area contributed by atoms with Crippen LogP contribution in [0.5, 0.6) is 0 Å². The van der Waals surface area contributed by atoms with E-state index in [0.29, 0.717) is 31.2 Å². The van der Waals surface area contributed by atoms with Crippen LogP contribution in [0.2, 0.25) is 0 Å². The maximum absolute atomic E-state index is 13.8. The quantitative estimate of drug-likeness (QED) is 0.524. The monoisotopic (exact) mass is 399 g/mol. The lowest BCUT2D eigenvalue weighted by Crippen LogP contribution is -2.37. The topological polar surface area (TPSA) is 54.9 Å². The van der Waals surface area contributed by atoms with Crippen LogP contribution in [0.3, 0.4) is 0 Å². The van der Waals surface area contributed by atoms with Crippen LogP contribution < -0.4 is 10.6 Å². The van der Waals surface area contributed by atoms with Crippen molar-refractivity contribution in [1.29, 1.82) is 0 Å². The smallest absolute Gasteiger partial charge is 0.191 e. The molecule has 1 aliphatic heterocycles. The second kappa shape index (κ2) is 11.5. The van der Waals surface area contributed by atoms with Gasteiger partial charge in [0.25, 0.3) is 0 Å². The molecule has 0 atom stereocenters. The van der Waals surface area contributed by atoms with Gasteiger partial charge < -0.3 is 20.1 Å². The van der Waals surface area contributed by atoms with E-state index in [1.807, 2.05) is 19.1 Å². The zero-order valence-corrected chi connectivity index (χ0v) is 17.0. The van der Waals surface area contributed by atoms with Gasteiger partial charge in [-0.2, -0.15) is 0 Å². The van der Waals surface area contributed by atoms with E-state index < -0.39 is 0 Å². The van der Waals surface area contributed by atoms with Gasteiger partial charge in [-0.3, -0.25) is 0 Å². The fourth-order valence-electron chi connectivity index (χ4n) is 3.21. The molecule has 156 valence electrons. The highest BCUT2D eigenvalue weighted by molar-refractivity contribution is 5.79. The van der Waals surface area contributed by atoms with Crippen LogP contribution in [0.4, 0.5) is 4.39 Å². The Labute approximate surface area is 172 Å². The van der Waals surface area contributed by atoms with Crippen molar-refractivity contribution in [2.75, 3.05) is 19.8 Å². The second-order valence-corrected chi connectivity index (χ2v) is 7.08. The van der Waals surface area contributed by atoms with E-state index >= 15 is 0 Å². The molecule has 0 unspecified atom stereocenters. The van der Waals surface area contributed by atoms with Crippen LogP contribution in [0.15, 0.2) is 53.5 Å². The molecular weight excluding hydrogens is 369 g/mol. The number of nitrogens with one attached hydrogen (secondary N) is 2. The lowest BCUT2D eigenvalue weighted by Gasteiger charge is -2.22. The highest BCUT2D eigenvalue weighted by Gasteiger charge is 2.14. The summed E-state index contributed by atoms with van der Waals surface area (Å²) in [4.78, 5) is 4.63. The molecule has 0 bridgehead atoms. The minimum Gasteiger partial charge on any atom is -0.381 e. The minimum atomic E-state index is -0.215. The molecule has 0 radical (unpaired) electrons. The van der Waals surface area contributed by atoms with E-state index in [1.54, 1.807) is 12.1 Å². The number of hydrogen-bond acceptors (Lipinski definition) is 3. The van der Waals surface area contributed by atoms with Crippen molar-refractivity contribution < 1.29 is 13.9 Å². The summed E-state index contributed by atoms with van der Waals surface area (Å²) in [6, 6.07) is 15.1. The van der Waals surface area contributed by atoms with Gasteiger partial charge in [-0.05, 0) is 37.0 Å². The largest absolute Gasteiger partial charge is 0.381 e. The Kier molecular flexibility index (Phi) is 8.46. The number of benzene rings is 2. The number of ether oxygens (including phenoxy) is 2. The fraction of sp³-hybridized carbons (Fsp3) is 0.435. The molecule has 1 fully saturated rings. The minimum absolute atomic E-state index is 0.215. The molecule has 1 aliphatic rings. The molecule has 0 amide bonds. The van der Waals surface area contributed by atoms with Crippen molar-refractivity contribution in [2.45, 2.75) is 45.6 Å². The first-order valence-corrected chi connectivity index (χ1v) is 10.3. The highest BCUT2D eigenvalue weighted by Crippen LogP contribution is 2.14. The lowest BCUT2D eigenvalue weighted by molar-refractivity contribution is -0.0390. The molecule has 2 N–H and O–H groups in total. The van der Waals surface area contributed by atoms with Crippen molar-refractivity contribution in [3.05, 3.63) is 71.0 Å². The number of rotatable bonds is 8. The summed E-state index contributed by atoms with van der Waals surface area (Å²) < 4.78 is 25.2. The molecule has 1 heterocycles. The molecule has 1 saturated heterocycles. The Morgan fingerprint density at radius 1 is 1.10 bits per heavy atom. The van der Waals surface area contributed by atoms with E-state index in [-0.39, 0.29) is 11.9 Å². The number of halogens is 1. The van der Waals surface area contributed by atoms with Gasteiger partial charge >= 0.3 is 0 Å². The second-order valence-electron chi connectivity index (χ2n) is 7.08. The van der Waals surface area contributed by atoms with Crippen molar-refractivity contribution in [3.63, 3.8) is 0 Å². The van der Waals surface area contributed by atoms with E-state index in [9.17, 15) is 4.39 Å². The third-order valence-corrected chi connectivity index (χ3v) is 4.81. The zero-order chi connectivity index (χ0) is 20.3. The van der Waals surface area contributed by atoms with Gasteiger partial charge in [0.2, 0.25) is 0 Å². The van der Waals surface area contributed by atoms with Crippen molar-refractivity contribution in [2.24, 2.45) is 4.99 Å². The average Bonchev–Trinajstić information content (AvgIpc) is 2.76. The maximum Gasteiger partial charge on any atom is 0.191 e. The molecule has 0 aromatic heterocycles. The fourth-order valence-corrected chi connectivity index (χ4v) is 3.21. The normalized spacial score (nSPS) is 15.3. The van der Waals surface area contributed by atoms with Gasteiger partial charge in [0.1, 0.15) is 5.82 Å². The summed E-state index contributed by atoms with van der Waals surface area (Å²) in [5.41, 5.74) is 2.88. The molecule has 0 aliphatic carbocycles. The summed E-state index contributed by atoms with van der Waals surface area (Å²) in [6.07, 6.45) is 2.21. The first-order chi connectivity index (χ1) is 14.2. The summed E-state index contributed by atoms with van der Waals surface area (Å²) in [7, 11) is 0. The van der Waals surface area contributed by atoms with Gasteiger partial charge in [-0.15, -0.1) is 0 Å². The summed E-state index contributed by atoms with van der Waals surface area (Å²) in [5.74, 6) is 0.452. The van der Waals surface area contributed by atoms with Gasteiger partial charge in [-0.1, -0.05) is 42.5 Å². The number of guanidine groups is 1. The Morgan fingerprint density at radius 3 is 2.69 bits per heavy atom. The molecule has 0 saturated carbocycles. The van der Waals surface area contributed by atoms with Gasteiger partial charge in [0.05, 0.1) is 19.3 Å². The molecule has 2 aromatic carbocycles. The molecule has 29 heavy (non-hydrogen) atoms. The van der Waals surface area contributed by atoms with Crippen LogP contribution >= 0.6 is 0 Å². The van der Waals surface area contributed by atoms with Crippen LogP contribution in [0.25, 0.3) is 0 Å². The third kappa shape index (κ3) is 7.15. The van der Waals surface area contributed by atoms with Crippen molar-refractivity contribution in [3.8, 4) is 0 Å². The lowest BCUT2D eigenvalue weighted by atomic mass is 10.1. The van der Waals surface area contributed by atoms with Gasteiger partial charge in [0, 0.05) is 31.9 Å². The molecule has 5 nitrogen and oxygen atoms in total. The van der Waals surface area contributed by atoms with Crippen LogP contribution in [-0.2, 0) is 29.2 Å². The zero-order valence-electron chi connectivity index (χ0n) is 17.0. The average molecular weight is 400 g/mol. The molecular formula is C23H30FN3O2. The Morgan fingerprint density at radius 2 is 1.90 bits per heavy atom. The van der Waals surface area contributed by atoms with Crippen LogP contribution in [0, 0.1) is 5.82 Å². The summed E-state index contributed by atoms with van der Waals surface area (Å²) >= 11 is 0. The Bertz CT molecular complexity index is 791. The highest BCUT2D eigenvalue weighted by atomic mass is 19.1. The van der Waals surface area contributed by atoms with E-state index in [0.717, 1.165) is 43.7 Å². The number of nitrogens with zero attached hydrogens (tertiary/aromatic N) is 1. The van der Waals surface area contributed by atoms with E-state index in [1.165, 1.54) is 6.07 Å². The van der Waals surface area contributed by atoms with Crippen LogP contribution in [0.1, 0.15) is 36.5 Å². The predicted molar refractivity (Wildman–Crippen MR) is 113 cm³/mol. The molecule has 0 spiro atoms. The first-order valence-electron chi connectivity index (χ1n) is 10.3. The standard InChI is InChI=1S/C23H30FN3O2/c1-2-25-23(27-16-20-8-3-4-9-22(20)24)26-15-18-6-5-7-19(14-18)17-29-21-10-12-28-13-11-21/h3-9,14,21H,2,10-13,15-17H2,1H3,(H2,25,26,27). The number of aliphatic imine (C=N–C) groups is 1. The van der Waals surface area contributed by atoms with Crippen molar-refractivity contribution >= 4 is 5.96 Å². The van der Waals surface area contributed by atoms with Crippen molar-refractivity contribution in [1.82, 2.24) is 10.6 Å². The maximum atomic E-state index is 13.8. The SMILES string of the molecule is CCNC(=NCc1cccc(COC2CCOCC2)c1)NCc1ccccc1F. The first kappa shape index (κ1) is 21.3. The molecule has 3 rings (SSSR count). The van der Waals surface area contributed by atoms with Gasteiger partial charge in [-0.25, -0.2) is 9.38 Å². The number of hydrogen-bond donors (Lipinski definition) is 2. The Hall–Kier alpha value is -2.44. The van der Waals surface area contributed by atoms with Gasteiger partial charge in [0.15, 0.2) is 5.96 Å². The molecule has 2 aromatic rings. The third-order valence-electron chi connectivity index (χ3n) is 4.81.